The van der Waals surface area contributed by atoms with Crippen molar-refractivity contribution in [3.05, 3.63) is 46.8 Å². The number of hydrogen-bond donors (Lipinski definition) is 0. The van der Waals surface area contributed by atoms with Gasteiger partial charge in [0.1, 0.15) is 10.7 Å². The molecule has 0 unspecified atom stereocenters. The Balaban J connectivity index is 2.10. The summed E-state index contributed by atoms with van der Waals surface area (Å²) in [6.45, 7) is 1.83. The fraction of sp³-hybridized carbons (Fsp3) is 0.154. The molecular weight excluding hydrogens is 312 g/mol. The van der Waals surface area contributed by atoms with E-state index in [0.29, 0.717) is 12.1 Å². The molecule has 0 N–H and O–H groups in total. The molecule has 3 nitrogen and oxygen atoms in total. The molecule has 0 saturated heterocycles. The minimum atomic E-state index is 0.0633. The van der Waals surface area contributed by atoms with Crippen LogP contribution in [0.25, 0.3) is 0 Å². The van der Waals surface area contributed by atoms with Crippen molar-refractivity contribution in [1.29, 1.82) is 0 Å². The van der Waals surface area contributed by atoms with E-state index >= 15 is 0 Å². The monoisotopic (exact) mass is 322 g/mol. The third-order valence-corrected chi connectivity index (χ3v) is 3.66. The minimum Gasteiger partial charge on any atom is -0.292 e. The molecule has 5 heteroatoms. The molecule has 0 atom stereocenters. The smallest absolute Gasteiger partial charge is 0.180 e. The van der Waals surface area contributed by atoms with Crippen LogP contribution in [0, 0.1) is 0 Å². The van der Waals surface area contributed by atoms with Gasteiger partial charge in [-0.25, -0.2) is 4.98 Å². The van der Waals surface area contributed by atoms with Gasteiger partial charge < -0.3 is 0 Å². The van der Waals surface area contributed by atoms with E-state index in [1.54, 1.807) is 18.5 Å². The van der Waals surface area contributed by atoms with Crippen LogP contribution in [0.5, 0.6) is 0 Å². The van der Waals surface area contributed by atoms with Gasteiger partial charge in [-0.2, -0.15) is 0 Å². The fourth-order valence-corrected chi connectivity index (χ4v) is 2.29. The number of hydrogen-bond acceptors (Lipinski definition) is 4. The number of ketones is 1. The van der Waals surface area contributed by atoms with Gasteiger partial charge in [0.25, 0.3) is 0 Å². The van der Waals surface area contributed by atoms with Crippen LogP contribution < -0.4 is 0 Å². The molecule has 0 spiro atoms. The van der Waals surface area contributed by atoms with Gasteiger partial charge in [0.05, 0.1) is 0 Å². The molecule has 0 bridgehead atoms. The van der Waals surface area contributed by atoms with Crippen molar-refractivity contribution in [3.63, 3.8) is 0 Å². The summed E-state index contributed by atoms with van der Waals surface area (Å²) in [7, 11) is 0. The van der Waals surface area contributed by atoms with Gasteiger partial charge in [-0.1, -0.05) is 18.7 Å². The molecule has 0 aliphatic heterocycles. The number of pyridine rings is 2. The zero-order valence-electron chi connectivity index (χ0n) is 9.76. The van der Waals surface area contributed by atoms with E-state index in [9.17, 15) is 4.79 Å². The molecule has 2 aromatic rings. The van der Waals surface area contributed by atoms with Gasteiger partial charge in [0.15, 0.2) is 5.78 Å². The highest BCUT2D eigenvalue weighted by molar-refractivity contribution is 9.10. The van der Waals surface area contributed by atoms with Crippen molar-refractivity contribution >= 4 is 33.5 Å². The van der Waals surface area contributed by atoms with Gasteiger partial charge in [0.2, 0.25) is 0 Å². The SMILES string of the molecule is CCC(=O)c1ccc(Sc2ccc(Br)cn2)cn1. The number of nitrogens with zero attached hydrogens (tertiary/aromatic N) is 2. The van der Waals surface area contributed by atoms with Gasteiger partial charge in [0, 0.05) is 28.2 Å². The first kappa shape index (κ1) is 13.2. The predicted octanol–water partition coefficient (Wildman–Crippen LogP) is 3.98. The molecule has 0 amide bonds. The predicted molar refractivity (Wildman–Crippen MR) is 74.9 cm³/mol. The van der Waals surface area contributed by atoms with Crippen molar-refractivity contribution in [1.82, 2.24) is 9.97 Å². The normalized spacial score (nSPS) is 10.3. The van der Waals surface area contributed by atoms with Crippen molar-refractivity contribution in [3.8, 4) is 0 Å². The second-order valence-corrected chi connectivity index (χ2v) is 5.58. The topological polar surface area (TPSA) is 42.9 Å². The molecule has 0 aliphatic carbocycles. The van der Waals surface area contributed by atoms with Crippen molar-refractivity contribution in [2.24, 2.45) is 0 Å². The number of Topliss-reactive ketones (excluding diaryl/α,β-unsaturated/α-hetero) is 1. The number of rotatable bonds is 4. The van der Waals surface area contributed by atoms with E-state index in [2.05, 4.69) is 25.9 Å². The van der Waals surface area contributed by atoms with Gasteiger partial charge in [-0.15, -0.1) is 0 Å². The third kappa shape index (κ3) is 3.40. The van der Waals surface area contributed by atoms with Crippen LogP contribution in [-0.4, -0.2) is 15.8 Å². The summed E-state index contributed by atoms with van der Waals surface area (Å²) in [5.41, 5.74) is 0.519. The average Bonchev–Trinajstić information content (AvgIpc) is 2.41. The van der Waals surface area contributed by atoms with Gasteiger partial charge in [-0.3, -0.25) is 9.78 Å². The molecule has 0 aromatic carbocycles. The van der Waals surface area contributed by atoms with Crippen molar-refractivity contribution in [2.45, 2.75) is 23.3 Å². The van der Waals surface area contributed by atoms with Crippen LogP contribution >= 0.6 is 27.7 Å². The highest BCUT2D eigenvalue weighted by atomic mass is 79.9. The minimum absolute atomic E-state index is 0.0633. The van der Waals surface area contributed by atoms with Crippen LogP contribution in [-0.2, 0) is 0 Å². The molecule has 2 heterocycles. The Morgan fingerprint density at radius 3 is 2.61 bits per heavy atom. The lowest BCUT2D eigenvalue weighted by atomic mass is 10.2. The molecule has 2 rings (SSSR count). The summed E-state index contributed by atoms with van der Waals surface area (Å²) in [6.07, 6.45) is 3.94. The Morgan fingerprint density at radius 2 is 2.06 bits per heavy atom. The van der Waals surface area contributed by atoms with E-state index in [1.807, 2.05) is 25.1 Å². The van der Waals surface area contributed by atoms with Crippen LogP contribution in [0.15, 0.2) is 51.1 Å². The molecule has 92 valence electrons. The largest absolute Gasteiger partial charge is 0.292 e. The lowest BCUT2D eigenvalue weighted by Gasteiger charge is -2.02. The summed E-state index contributed by atoms with van der Waals surface area (Å²) in [5, 5.41) is 0.898. The maximum absolute atomic E-state index is 11.4. The van der Waals surface area contributed by atoms with Crippen molar-refractivity contribution in [2.75, 3.05) is 0 Å². The van der Waals surface area contributed by atoms with Crippen molar-refractivity contribution < 1.29 is 4.79 Å². The van der Waals surface area contributed by atoms with Gasteiger partial charge in [-0.05, 0) is 40.2 Å². The Hall–Kier alpha value is -1.20. The Labute approximate surface area is 118 Å². The Kier molecular flexibility index (Phi) is 4.49. The number of carbonyl (C=O) groups is 1. The molecule has 0 saturated carbocycles. The van der Waals surface area contributed by atoms with Crippen LogP contribution in [0.3, 0.4) is 0 Å². The molecule has 0 aliphatic rings. The Bertz CT molecular complexity index is 540. The fourth-order valence-electron chi connectivity index (χ4n) is 1.33. The maximum Gasteiger partial charge on any atom is 0.180 e. The van der Waals surface area contributed by atoms with E-state index in [-0.39, 0.29) is 5.78 Å². The summed E-state index contributed by atoms with van der Waals surface area (Å²) < 4.78 is 0.953. The lowest BCUT2D eigenvalue weighted by molar-refractivity contribution is 0.0983. The first-order chi connectivity index (χ1) is 8.69. The maximum atomic E-state index is 11.4. The van der Waals surface area contributed by atoms with E-state index < -0.39 is 0 Å². The quantitative estimate of drug-likeness (QED) is 0.798. The molecular formula is C13H11BrN2OS. The summed E-state index contributed by atoms with van der Waals surface area (Å²) in [5.74, 6) is 0.0633. The first-order valence-electron chi connectivity index (χ1n) is 5.47. The van der Waals surface area contributed by atoms with E-state index in [1.165, 1.54) is 11.8 Å². The standard InChI is InChI=1S/C13H11BrN2OS/c1-2-12(17)11-5-4-10(8-15-11)18-13-6-3-9(14)7-16-13/h3-8H,2H2,1H3. The Morgan fingerprint density at radius 1 is 1.22 bits per heavy atom. The average molecular weight is 323 g/mol. The molecule has 2 aromatic heterocycles. The molecule has 0 fully saturated rings. The number of aromatic nitrogens is 2. The van der Waals surface area contributed by atoms with Crippen LogP contribution in [0.4, 0.5) is 0 Å². The highest BCUT2D eigenvalue weighted by Crippen LogP contribution is 2.26. The lowest BCUT2D eigenvalue weighted by Crippen LogP contribution is -1.99. The highest BCUT2D eigenvalue weighted by Gasteiger charge is 2.05. The summed E-state index contributed by atoms with van der Waals surface area (Å²) >= 11 is 4.86. The zero-order chi connectivity index (χ0) is 13.0. The van der Waals surface area contributed by atoms with E-state index in [0.717, 1.165) is 14.4 Å². The molecule has 0 radical (unpaired) electrons. The van der Waals surface area contributed by atoms with E-state index in [4.69, 9.17) is 0 Å². The van der Waals surface area contributed by atoms with Gasteiger partial charge >= 0.3 is 0 Å². The second-order valence-electron chi connectivity index (χ2n) is 3.57. The molecule has 18 heavy (non-hydrogen) atoms. The summed E-state index contributed by atoms with van der Waals surface area (Å²) in [6, 6.07) is 7.52. The first-order valence-corrected chi connectivity index (χ1v) is 7.08. The summed E-state index contributed by atoms with van der Waals surface area (Å²) in [4.78, 5) is 20.8. The zero-order valence-corrected chi connectivity index (χ0v) is 12.2. The van der Waals surface area contributed by atoms with Crippen LogP contribution in [0.1, 0.15) is 23.8 Å². The third-order valence-electron chi connectivity index (χ3n) is 2.27. The van der Waals surface area contributed by atoms with Crippen LogP contribution in [0.2, 0.25) is 0 Å². The number of halogens is 1. The second kappa shape index (κ2) is 6.11. The number of carbonyl (C=O) groups excluding carboxylic acids is 1.